The monoisotopic (exact) mass is 401 g/mol. The summed E-state index contributed by atoms with van der Waals surface area (Å²) in [5, 5.41) is 9.71. The van der Waals surface area contributed by atoms with Crippen LogP contribution in [0.4, 0.5) is 0 Å². The van der Waals surface area contributed by atoms with Gasteiger partial charge in [-0.15, -0.1) is 0 Å². The van der Waals surface area contributed by atoms with E-state index in [0.29, 0.717) is 0 Å². The molecule has 1 unspecified atom stereocenters. The summed E-state index contributed by atoms with van der Waals surface area (Å²) in [6, 6.07) is 36.6. The largest absolute Gasteiger partial charge is 0.372 e. The Kier molecular flexibility index (Phi) is 4.33. The van der Waals surface area contributed by atoms with Gasteiger partial charge in [-0.25, -0.2) is 0 Å². The van der Waals surface area contributed by atoms with E-state index in [2.05, 4.69) is 125 Å². The van der Waals surface area contributed by atoms with E-state index < -0.39 is 0 Å². The Hall–Kier alpha value is -3.82. The molecule has 3 nitrogen and oxygen atoms in total. The van der Waals surface area contributed by atoms with Gasteiger partial charge in [-0.3, -0.25) is 5.32 Å². The van der Waals surface area contributed by atoms with Crippen LogP contribution in [0.5, 0.6) is 0 Å². The molecule has 0 saturated carbocycles. The second-order valence-electron chi connectivity index (χ2n) is 7.98. The van der Waals surface area contributed by atoms with Crippen molar-refractivity contribution in [3.8, 4) is 5.69 Å². The molecule has 1 atom stereocenters. The molecule has 1 aromatic heterocycles. The summed E-state index contributed by atoms with van der Waals surface area (Å²) in [4.78, 5) is 0. The first-order valence-electron chi connectivity index (χ1n) is 10.7. The van der Waals surface area contributed by atoms with E-state index in [1.165, 1.54) is 44.2 Å². The Bertz CT molecular complexity index is 1340. The fraction of sp³-hybridized carbons (Fsp3) is 0.0714. The number of benzene rings is 4. The Morgan fingerprint density at radius 1 is 0.645 bits per heavy atom. The molecule has 5 aromatic rings. The Balaban J connectivity index is 1.32. The van der Waals surface area contributed by atoms with Gasteiger partial charge in [0.05, 0.1) is 11.0 Å². The van der Waals surface area contributed by atoms with Crippen molar-refractivity contribution in [1.82, 2.24) is 15.2 Å². The van der Waals surface area contributed by atoms with E-state index in [0.717, 1.165) is 6.54 Å². The molecule has 0 spiro atoms. The maximum Gasteiger partial charge on any atom is 0.103 e. The third kappa shape index (κ3) is 3.11. The SMILES string of the molecule is C1=C(c2ccccc2)CNC(c2ccc(-n3c4ccccc4c4ccccc43)cc2)N1. The molecule has 0 amide bonds. The smallest absolute Gasteiger partial charge is 0.103 e. The predicted octanol–water partition coefficient (Wildman–Crippen LogP) is 6.02. The quantitative estimate of drug-likeness (QED) is 0.387. The van der Waals surface area contributed by atoms with Gasteiger partial charge in [0.1, 0.15) is 6.17 Å². The van der Waals surface area contributed by atoms with Gasteiger partial charge < -0.3 is 9.88 Å². The van der Waals surface area contributed by atoms with Gasteiger partial charge in [-0.05, 0) is 41.0 Å². The number of hydrogen-bond donors (Lipinski definition) is 2. The number of aromatic nitrogens is 1. The molecule has 0 saturated heterocycles. The van der Waals surface area contributed by atoms with E-state index in [9.17, 15) is 0 Å². The first kappa shape index (κ1) is 18.0. The van der Waals surface area contributed by atoms with E-state index in [1.54, 1.807) is 0 Å². The lowest BCUT2D eigenvalue weighted by molar-refractivity contribution is 0.504. The maximum absolute atomic E-state index is 3.61. The molecule has 3 heteroatoms. The van der Waals surface area contributed by atoms with Crippen molar-refractivity contribution in [2.45, 2.75) is 6.17 Å². The van der Waals surface area contributed by atoms with Crippen LogP contribution in [0.2, 0.25) is 0 Å². The van der Waals surface area contributed by atoms with Gasteiger partial charge in [0.25, 0.3) is 0 Å². The summed E-state index contributed by atoms with van der Waals surface area (Å²) >= 11 is 0. The van der Waals surface area contributed by atoms with Crippen LogP contribution in [-0.2, 0) is 0 Å². The number of rotatable bonds is 3. The molecule has 0 radical (unpaired) electrons. The first-order valence-corrected chi connectivity index (χ1v) is 10.7. The molecule has 2 N–H and O–H groups in total. The average molecular weight is 402 g/mol. The topological polar surface area (TPSA) is 29.0 Å². The molecule has 2 heterocycles. The number of fused-ring (bicyclic) bond motifs is 3. The minimum Gasteiger partial charge on any atom is -0.372 e. The fourth-order valence-electron chi connectivity index (χ4n) is 4.57. The second-order valence-corrected chi connectivity index (χ2v) is 7.98. The molecule has 1 aliphatic heterocycles. The molecule has 4 aromatic carbocycles. The van der Waals surface area contributed by atoms with Gasteiger partial charge >= 0.3 is 0 Å². The van der Waals surface area contributed by atoms with Crippen LogP contribution in [0, 0.1) is 0 Å². The highest BCUT2D eigenvalue weighted by Gasteiger charge is 2.16. The van der Waals surface area contributed by atoms with Crippen LogP contribution >= 0.6 is 0 Å². The fourth-order valence-corrected chi connectivity index (χ4v) is 4.57. The zero-order chi connectivity index (χ0) is 20.6. The Morgan fingerprint density at radius 2 is 1.26 bits per heavy atom. The Morgan fingerprint density at radius 3 is 1.87 bits per heavy atom. The predicted molar refractivity (Wildman–Crippen MR) is 129 cm³/mol. The highest BCUT2D eigenvalue weighted by molar-refractivity contribution is 6.09. The summed E-state index contributed by atoms with van der Waals surface area (Å²) < 4.78 is 2.35. The Labute approximate surface area is 181 Å². The van der Waals surface area contributed by atoms with Crippen LogP contribution < -0.4 is 10.6 Å². The third-order valence-electron chi connectivity index (χ3n) is 6.13. The minimum atomic E-state index is 0.111. The molecule has 0 fully saturated rings. The minimum absolute atomic E-state index is 0.111. The normalized spacial score (nSPS) is 16.3. The lowest BCUT2D eigenvalue weighted by atomic mass is 10.0. The summed E-state index contributed by atoms with van der Waals surface area (Å²) in [5.74, 6) is 0. The standard InChI is InChI=1S/C28H23N3/c1-2-8-20(9-3-1)22-18-29-28(30-19-22)21-14-16-23(17-15-21)31-26-12-6-4-10-24(26)25-11-5-7-13-27(25)31/h1-18,28-30H,19H2. The van der Waals surface area contributed by atoms with Gasteiger partial charge in [-0.2, -0.15) is 0 Å². The van der Waals surface area contributed by atoms with Gasteiger partial charge in [0.2, 0.25) is 0 Å². The molecule has 1 aliphatic rings. The van der Waals surface area contributed by atoms with Crippen molar-refractivity contribution in [3.63, 3.8) is 0 Å². The molecular weight excluding hydrogens is 378 g/mol. The van der Waals surface area contributed by atoms with E-state index in [-0.39, 0.29) is 6.17 Å². The summed E-state index contributed by atoms with van der Waals surface area (Å²) in [5.41, 5.74) is 7.41. The first-order chi connectivity index (χ1) is 15.4. The van der Waals surface area contributed by atoms with Gasteiger partial charge in [0, 0.05) is 29.2 Å². The average Bonchev–Trinajstić information content (AvgIpc) is 3.19. The maximum atomic E-state index is 3.61. The van der Waals surface area contributed by atoms with Crippen LogP contribution in [-0.4, -0.2) is 11.1 Å². The number of nitrogens with zero attached hydrogens (tertiary/aromatic N) is 1. The summed E-state index contributed by atoms with van der Waals surface area (Å²) in [7, 11) is 0. The number of nitrogens with one attached hydrogen (secondary N) is 2. The van der Waals surface area contributed by atoms with Crippen molar-refractivity contribution >= 4 is 27.4 Å². The van der Waals surface area contributed by atoms with Crippen LogP contribution in [0.3, 0.4) is 0 Å². The van der Waals surface area contributed by atoms with Crippen molar-refractivity contribution in [3.05, 3.63) is 120 Å². The molecule has 31 heavy (non-hydrogen) atoms. The molecule has 6 rings (SSSR count). The zero-order valence-electron chi connectivity index (χ0n) is 17.1. The van der Waals surface area contributed by atoms with E-state index in [1.807, 2.05) is 0 Å². The molecule has 0 bridgehead atoms. The molecular formula is C28H23N3. The number of para-hydroxylation sites is 2. The van der Waals surface area contributed by atoms with Crippen LogP contribution in [0.25, 0.3) is 33.1 Å². The lowest BCUT2D eigenvalue weighted by Gasteiger charge is -2.26. The van der Waals surface area contributed by atoms with Crippen molar-refractivity contribution < 1.29 is 0 Å². The van der Waals surface area contributed by atoms with E-state index in [4.69, 9.17) is 0 Å². The van der Waals surface area contributed by atoms with Gasteiger partial charge in [-0.1, -0.05) is 78.9 Å². The summed E-state index contributed by atoms with van der Waals surface area (Å²) in [6.45, 7) is 0.844. The van der Waals surface area contributed by atoms with Crippen LogP contribution in [0.15, 0.2) is 109 Å². The van der Waals surface area contributed by atoms with Crippen molar-refractivity contribution in [2.24, 2.45) is 0 Å². The van der Waals surface area contributed by atoms with Crippen molar-refractivity contribution in [1.29, 1.82) is 0 Å². The van der Waals surface area contributed by atoms with Crippen LogP contribution in [0.1, 0.15) is 17.3 Å². The van der Waals surface area contributed by atoms with Gasteiger partial charge in [0.15, 0.2) is 0 Å². The third-order valence-corrected chi connectivity index (χ3v) is 6.13. The van der Waals surface area contributed by atoms with E-state index >= 15 is 0 Å². The highest BCUT2D eigenvalue weighted by Crippen LogP contribution is 2.32. The zero-order valence-corrected chi connectivity index (χ0v) is 17.1. The number of hydrogen-bond acceptors (Lipinski definition) is 2. The second kappa shape index (κ2) is 7.46. The molecule has 150 valence electrons. The highest BCUT2D eigenvalue weighted by atomic mass is 15.1. The van der Waals surface area contributed by atoms with Crippen molar-refractivity contribution in [2.75, 3.05) is 6.54 Å². The lowest BCUT2D eigenvalue weighted by Crippen LogP contribution is -2.36. The molecule has 0 aliphatic carbocycles. The summed E-state index contributed by atoms with van der Waals surface area (Å²) in [6.07, 6.45) is 2.25.